The van der Waals surface area contributed by atoms with Gasteiger partial charge in [-0.25, -0.2) is 0 Å². The Hall–Kier alpha value is -2.82. The van der Waals surface area contributed by atoms with Crippen LogP contribution in [0.2, 0.25) is 0 Å². The van der Waals surface area contributed by atoms with Crippen molar-refractivity contribution in [3.05, 3.63) is 54.2 Å². The zero-order chi connectivity index (χ0) is 13.2. The average molecular weight is 253 g/mol. The Kier molecular flexibility index (Phi) is 2.64. The molecule has 0 saturated heterocycles. The largest absolute Gasteiger partial charge is 0.506 e. The highest BCUT2D eigenvalue weighted by Crippen LogP contribution is 2.28. The molecule has 0 aliphatic carbocycles. The van der Waals surface area contributed by atoms with Crippen molar-refractivity contribution in [1.82, 2.24) is 10.2 Å². The maximum absolute atomic E-state index is 12.1. The summed E-state index contributed by atoms with van der Waals surface area (Å²) in [5.74, 6) is 0.0835. The first kappa shape index (κ1) is 11.3. The maximum Gasteiger partial charge on any atom is 0.260 e. The molecule has 0 radical (unpaired) electrons. The number of benzene rings is 2. The molecule has 0 spiro atoms. The van der Waals surface area contributed by atoms with E-state index in [1.54, 1.807) is 24.3 Å². The van der Waals surface area contributed by atoms with E-state index in [1.807, 2.05) is 18.2 Å². The van der Waals surface area contributed by atoms with Gasteiger partial charge in [0.25, 0.3) is 5.91 Å². The maximum atomic E-state index is 12.1. The third kappa shape index (κ3) is 2.01. The van der Waals surface area contributed by atoms with E-state index in [-0.39, 0.29) is 17.2 Å². The number of fused-ring (bicyclic) bond motifs is 1. The number of anilines is 1. The lowest BCUT2D eigenvalue weighted by Crippen LogP contribution is -2.12. The molecule has 0 bridgehead atoms. The van der Waals surface area contributed by atoms with Gasteiger partial charge in [-0.15, -0.1) is 0 Å². The number of aromatic hydroxyl groups is 1. The molecule has 5 nitrogen and oxygen atoms in total. The van der Waals surface area contributed by atoms with Crippen LogP contribution in [0.4, 0.5) is 5.82 Å². The van der Waals surface area contributed by atoms with Crippen LogP contribution in [-0.2, 0) is 0 Å². The Balaban J connectivity index is 2.01. The number of amides is 1. The molecule has 0 aliphatic heterocycles. The van der Waals surface area contributed by atoms with Crippen molar-refractivity contribution in [2.45, 2.75) is 0 Å². The van der Waals surface area contributed by atoms with E-state index in [1.165, 1.54) is 6.20 Å². The van der Waals surface area contributed by atoms with Crippen molar-refractivity contribution in [2.24, 2.45) is 0 Å². The Morgan fingerprint density at radius 2 is 2.00 bits per heavy atom. The normalized spacial score (nSPS) is 10.5. The van der Waals surface area contributed by atoms with Crippen molar-refractivity contribution in [3.8, 4) is 5.75 Å². The van der Waals surface area contributed by atoms with Gasteiger partial charge < -0.3 is 10.4 Å². The van der Waals surface area contributed by atoms with Gasteiger partial charge in [0.05, 0.1) is 11.8 Å². The number of H-pyrrole nitrogens is 1. The summed E-state index contributed by atoms with van der Waals surface area (Å²) in [6, 6.07) is 12.4. The lowest BCUT2D eigenvalue weighted by Gasteiger charge is -2.07. The molecule has 0 fully saturated rings. The van der Waals surface area contributed by atoms with Crippen molar-refractivity contribution in [1.29, 1.82) is 0 Å². The number of hydrogen-bond donors (Lipinski definition) is 3. The van der Waals surface area contributed by atoms with E-state index in [0.29, 0.717) is 11.2 Å². The summed E-state index contributed by atoms with van der Waals surface area (Å²) in [7, 11) is 0. The minimum Gasteiger partial charge on any atom is -0.506 e. The molecule has 3 aromatic rings. The number of carbonyl (C=O) groups is 1. The zero-order valence-corrected chi connectivity index (χ0v) is 9.92. The lowest BCUT2D eigenvalue weighted by molar-refractivity contribution is 0.102. The molecule has 94 valence electrons. The fourth-order valence-electron chi connectivity index (χ4n) is 1.95. The van der Waals surface area contributed by atoms with Gasteiger partial charge in [-0.05, 0) is 11.5 Å². The number of aromatic nitrogens is 2. The molecule has 3 N–H and O–H groups in total. The van der Waals surface area contributed by atoms with Crippen molar-refractivity contribution >= 4 is 22.5 Å². The van der Waals surface area contributed by atoms with Crippen LogP contribution >= 0.6 is 0 Å². The first-order valence-corrected chi connectivity index (χ1v) is 5.77. The van der Waals surface area contributed by atoms with Gasteiger partial charge >= 0.3 is 0 Å². The number of hydrogen-bond acceptors (Lipinski definition) is 3. The van der Waals surface area contributed by atoms with Gasteiger partial charge in [0.2, 0.25) is 0 Å². The molecule has 2 aromatic carbocycles. The van der Waals surface area contributed by atoms with Gasteiger partial charge in [-0.2, -0.15) is 5.10 Å². The third-order valence-corrected chi connectivity index (χ3v) is 2.89. The number of rotatable bonds is 2. The van der Waals surface area contributed by atoms with E-state index in [0.717, 1.165) is 5.39 Å². The van der Waals surface area contributed by atoms with Crippen LogP contribution in [0.15, 0.2) is 48.7 Å². The van der Waals surface area contributed by atoms with Gasteiger partial charge in [0.1, 0.15) is 11.6 Å². The SMILES string of the molecule is O=C(Nc1ccn[nH]1)c1ccc2ccccc2c1O. The first-order chi connectivity index (χ1) is 9.25. The van der Waals surface area contributed by atoms with Crippen LogP contribution in [0.1, 0.15) is 10.4 Å². The molecule has 3 rings (SSSR count). The van der Waals surface area contributed by atoms with Gasteiger partial charge in [-0.3, -0.25) is 9.89 Å². The number of carbonyl (C=O) groups excluding carboxylic acids is 1. The third-order valence-electron chi connectivity index (χ3n) is 2.89. The molecule has 5 heteroatoms. The highest BCUT2D eigenvalue weighted by Gasteiger charge is 2.14. The highest BCUT2D eigenvalue weighted by atomic mass is 16.3. The van der Waals surface area contributed by atoms with Crippen LogP contribution in [-0.4, -0.2) is 21.2 Å². The molecular weight excluding hydrogens is 242 g/mol. The van der Waals surface area contributed by atoms with Gasteiger partial charge in [0, 0.05) is 11.5 Å². The van der Waals surface area contributed by atoms with E-state index in [2.05, 4.69) is 15.5 Å². The molecule has 0 atom stereocenters. The number of phenolic OH excluding ortho intramolecular Hbond substituents is 1. The molecule has 1 aromatic heterocycles. The number of nitrogens with one attached hydrogen (secondary N) is 2. The predicted octanol–water partition coefficient (Wildman–Crippen LogP) is 2.52. The number of phenols is 1. The first-order valence-electron chi connectivity index (χ1n) is 5.77. The number of aromatic amines is 1. The van der Waals surface area contributed by atoms with E-state index >= 15 is 0 Å². The second kappa shape index (κ2) is 4.45. The molecular formula is C14H11N3O2. The van der Waals surface area contributed by atoms with Crippen LogP contribution in [0.5, 0.6) is 5.75 Å². The minimum atomic E-state index is -0.382. The van der Waals surface area contributed by atoms with Crippen LogP contribution in [0.25, 0.3) is 10.8 Å². The fraction of sp³-hybridized carbons (Fsp3) is 0. The topological polar surface area (TPSA) is 78.0 Å². The summed E-state index contributed by atoms with van der Waals surface area (Å²) < 4.78 is 0. The fourth-order valence-corrected chi connectivity index (χ4v) is 1.95. The standard InChI is InChI=1S/C14H11N3O2/c18-13-10-4-2-1-3-9(10)5-6-11(13)14(19)16-12-7-8-15-17-12/h1-8,18H,(H2,15,16,17,19). The number of nitrogens with zero attached hydrogens (tertiary/aromatic N) is 1. The summed E-state index contributed by atoms with van der Waals surface area (Å²) in [6.45, 7) is 0. The minimum absolute atomic E-state index is 0.0184. The van der Waals surface area contributed by atoms with Crippen molar-refractivity contribution in [2.75, 3.05) is 5.32 Å². The monoisotopic (exact) mass is 253 g/mol. The molecule has 19 heavy (non-hydrogen) atoms. The Bertz CT molecular complexity index is 736. The van der Waals surface area contributed by atoms with E-state index in [9.17, 15) is 9.90 Å². The van der Waals surface area contributed by atoms with Gasteiger partial charge in [-0.1, -0.05) is 30.3 Å². The Morgan fingerprint density at radius 3 is 2.79 bits per heavy atom. The van der Waals surface area contributed by atoms with Crippen molar-refractivity contribution in [3.63, 3.8) is 0 Å². The molecule has 0 unspecified atom stereocenters. The summed E-state index contributed by atoms with van der Waals surface area (Å²) in [5.41, 5.74) is 0.230. The smallest absolute Gasteiger partial charge is 0.260 e. The highest BCUT2D eigenvalue weighted by molar-refractivity contribution is 6.09. The predicted molar refractivity (Wildman–Crippen MR) is 72.2 cm³/mol. The molecule has 0 aliphatic rings. The molecule has 1 heterocycles. The van der Waals surface area contributed by atoms with Gasteiger partial charge in [0.15, 0.2) is 0 Å². The molecule has 1 amide bonds. The Labute approximate surface area is 108 Å². The van der Waals surface area contributed by atoms with Crippen LogP contribution in [0, 0.1) is 0 Å². The summed E-state index contributed by atoms with van der Waals surface area (Å²) in [6.07, 6.45) is 1.54. The summed E-state index contributed by atoms with van der Waals surface area (Å²) in [4.78, 5) is 12.1. The van der Waals surface area contributed by atoms with E-state index < -0.39 is 0 Å². The molecule has 0 saturated carbocycles. The zero-order valence-electron chi connectivity index (χ0n) is 9.92. The Morgan fingerprint density at radius 1 is 1.16 bits per heavy atom. The van der Waals surface area contributed by atoms with E-state index in [4.69, 9.17) is 0 Å². The second-order valence-electron chi connectivity index (χ2n) is 4.11. The van der Waals surface area contributed by atoms with Crippen molar-refractivity contribution < 1.29 is 9.90 Å². The lowest BCUT2D eigenvalue weighted by atomic mass is 10.0. The summed E-state index contributed by atoms with van der Waals surface area (Å²) in [5, 5.41) is 20.7. The summed E-state index contributed by atoms with van der Waals surface area (Å²) >= 11 is 0. The van der Waals surface area contributed by atoms with Crippen LogP contribution in [0.3, 0.4) is 0 Å². The quantitative estimate of drug-likeness (QED) is 0.656. The average Bonchev–Trinajstić information content (AvgIpc) is 2.92. The van der Waals surface area contributed by atoms with Crippen LogP contribution < -0.4 is 5.32 Å². The second-order valence-corrected chi connectivity index (χ2v) is 4.11.